The van der Waals surface area contributed by atoms with Gasteiger partial charge >= 0.3 is 0 Å². The second-order valence-electron chi connectivity index (χ2n) is 2.57. The Morgan fingerprint density at radius 3 is 2.55 bits per heavy atom. The molecule has 0 amide bonds. The maximum atomic E-state index is 12.0. The Bertz CT molecular complexity index is 88.2. The number of rotatable bonds is 1. The number of piperazine rings is 1. The van der Waals surface area contributed by atoms with E-state index in [0.717, 1.165) is 19.6 Å². The third-order valence-electron chi connectivity index (χ3n) is 1.64. The lowest BCUT2D eigenvalue weighted by atomic mass is 10.2. The van der Waals surface area contributed by atoms with E-state index in [1.165, 1.54) is 0 Å². The highest BCUT2D eigenvalue weighted by molar-refractivity contribution is 4.75. The maximum absolute atomic E-state index is 12.0. The largest absolute Gasteiger partial charge is 0.309 e. The van der Waals surface area contributed by atoms with Gasteiger partial charge in [-0.05, 0) is 7.05 Å². The summed E-state index contributed by atoms with van der Waals surface area (Å²) in [5, 5.41) is 3.08. The van der Waals surface area contributed by atoms with E-state index in [0.29, 0.717) is 0 Å². The van der Waals surface area contributed by atoms with Gasteiger partial charge in [-0.1, -0.05) is 13.8 Å². The molecule has 1 atom stereocenters. The zero-order valence-corrected chi connectivity index (χ0v) is 7.73. The lowest BCUT2D eigenvalue weighted by molar-refractivity contribution is 0.213. The number of nitrogens with one attached hydrogen (secondary N) is 1. The van der Waals surface area contributed by atoms with E-state index < -0.39 is 0 Å². The van der Waals surface area contributed by atoms with Crippen LogP contribution in [0.3, 0.4) is 0 Å². The smallest absolute Gasteiger partial charge is 0.106 e. The minimum Gasteiger partial charge on any atom is -0.309 e. The van der Waals surface area contributed by atoms with E-state index in [4.69, 9.17) is 0 Å². The highest BCUT2D eigenvalue weighted by atomic mass is 19.1. The van der Waals surface area contributed by atoms with E-state index in [-0.39, 0.29) is 12.7 Å². The highest BCUT2D eigenvalue weighted by Crippen LogP contribution is 1.95. The second kappa shape index (κ2) is 6.55. The van der Waals surface area contributed by atoms with Crippen LogP contribution in [0.15, 0.2) is 0 Å². The monoisotopic (exact) mass is 162 g/mol. The van der Waals surface area contributed by atoms with Crippen molar-refractivity contribution in [3.63, 3.8) is 0 Å². The Morgan fingerprint density at radius 2 is 2.18 bits per heavy atom. The zero-order chi connectivity index (χ0) is 8.69. The summed E-state index contributed by atoms with van der Waals surface area (Å²) in [6, 6.07) is 0.0729. The SMILES string of the molecule is CC.CN1CCN[C@H](CF)C1. The summed E-state index contributed by atoms with van der Waals surface area (Å²) in [5.41, 5.74) is 0. The van der Waals surface area contributed by atoms with Crippen molar-refractivity contribution in [2.75, 3.05) is 33.4 Å². The summed E-state index contributed by atoms with van der Waals surface area (Å²) in [4.78, 5) is 2.14. The molecule has 0 aromatic rings. The fourth-order valence-electron chi connectivity index (χ4n) is 1.09. The first-order valence-electron chi connectivity index (χ1n) is 4.31. The van der Waals surface area contributed by atoms with Crippen LogP contribution in [-0.2, 0) is 0 Å². The number of hydrogen-bond acceptors (Lipinski definition) is 2. The summed E-state index contributed by atoms with van der Waals surface area (Å²) in [6.45, 7) is 6.56. The minimum atomic E-state index is -0.246. The number of likely N-dealkylation sites (N-methyl/N-ethyl adjacent to an activating group) is 1. The van der Waals surface area contributed by atoms with Crippen LogP contribution in [0, 0.1) is 0 Å². The van der Waals surface area contributed by atoms with Gasteiger partial charge in [-0.25, -0.2) is 4.39 Å². The molecule has 1 aliphatic rings. The first-order valence-corrected chi connectivity index (χ1v) is 4.31. The third-order valence-corrected chi connectivity index (χ3v) is 1.64. The average molecular weight is 162 g/mol. The quantitative estimate of drug-likeness (QED) is 0.616. The molecular weight excluding hydrogens is 143 g/mol. The van der Waals surface area contributed by atoms with Crippen molar-refractivity contribution in [2.45, 2.75) is 19.9 Å². The highest BCUT2D eigenvalue weighted by Gasteiger charge is 2.14. The third kappa shape index (κ3) is 4.32. The molecule has 68 valence electrons. The predicted molar refractivity (Wildman–Crippen MR) is 46.6 cm³/mol. The number of halogens is 1. The van der Waals surface area contributed by atoms with Gasteiger partial charge in [0.1, 0.15) is 6.67 Å². The van der Waals surface area contributed by atoms with Crippen LogP contribution in [0.5, 0.6) is 0 Å². The van der Waals surface area contributed by atoms with Crippen LogP contribution in [0.2, 0.25) is 0 Å². The van der Waals surface area contributed by atoms with Gasteiger partial charge in [0.15, 0.2) is 0 Å². The Hall–Kier alpha value is -0.150. The molecule has 3 heteroatoms. The molecule has 0 aromatic carbocycles. The number of nitrogens with zero attached hydrogens (tertiary/aromatic N) is 1. The first kappa shape index (κ1) is 10.8. The molecule has 0 saturated carbocycles. The topological polar surface area (TPSA) is 15.3 Å². The summed E-state index contributed by atoms with van der Waals surface area (Å²) in [6.07, 6.45) is 0. The predicted octanol–water partition coefficient (Wildman–Crippen LogP) is 0.886. The Morgan fingerprint density at radius 1 is 1.55 bits per heavy atom. The van der Waals surface area contributed by atoms with Crippen molar-refractivity contribution in [2.24, 2.45) is 0 Å². The molecule has 0 aromatic heterocycles. The van der Waals surface area contributed by atoms with Crippen molar-refractivity contribution < 1.29 is 4.39 Å². The molecule has 0 radical (unpaired) electrons. The van der Waals surface area contributed by atoms with Gasteiger partial charge in [0.2, 0.25) is 0 Å². The molecule has 2 nitrogen and oxygen atoms in total. The fraction of sp³-hybridized carbons (Fsp3) is 1.00. The van der Waals surface area contributed by atoms with Gasteiger partial charge in [0, 0.05) is 25.7 Å². The molecular formula is C8H19FN2. The van der Waals surface area contributed by atoms with Crippen LogP contribution in [0.25, 0.3) is 0 Å². The van der Waals surface area contributed by atoms with Crippen molar-refractivity contribution in [3.8, 4) is 0 Å². The van der Waals surface area contributed by atoms with E-state index in [9.17, 15) is 4.39 Å². The van der Waals surface area contributed by atoms with Crippen LogP contribution in [0.1, 0.15) is 13.8 Å². The molecule has 11 heavy (non-hydrogen) atoms. The van der Waals surface area contributed by atoms with Gasteiger partial charge in [-0.2, -0.15) is 0 Å². The standard InChI is InChI=1S/C6H13FN2.C2H6/c1-9-3-2-8-6(4-7)5-9;1-2/h6,8H,2-5H2,1H3;1-2H3/t6-;/m1./s1. The molecule has 1 rings (SSSR count). The van der Waals surface area contributed by atoms with Gasteiger partial charge in [0.25, 0.3) is 0 Å². The summed E-state index contributed by atoms with van der Waals surface area (Å²) < 4.78 is 12.0. The molecule has 0 unspecified atom stereocenters. The molecule has 1 fully saturated rings. The molecule has 1 saturated heterocycles. The number of alkyl halides is 1. The van der Waals surface area contributed by atoms with Gasteiger partial charge in [-0.15, -0.1) is 0 Å². The molecule has 0 bridgehead atoms. The van der Waals surface area contributed by atoms with Crippen molar-refractivity contribution in [3.05, 3.63) is 0 Å². The fourth-order valence-corrected chi connectivity index (χ4v) is 1.09. The van der Waals surface area contributed by atoms with E-state index in [1.807, 2.05) is 20.9 Å². The van der Waals surface area contributed by atoms with Crippen LogP contribution in [0.4, 0.5) is 4.39 Å². The Labute approximate surface area is 68.8 Å². The van der Waals surface area contributed by atoms with Gasteiger partial charge in [-0.3, -0.25) is 0 Å². The minimum absolute atomic E-state index is 0.0729. The molecule has 1 N–H and O–H groups in total. The van der Waals surface area contributed by atoms with Crippen molar-refractivity contribution in [1.82, 2.24) is 10.2 Å². The lowest BCUT2D eigenvalue weighted by Crippen LogP contribution is -2.49. The van der Waals surface area contributed by atoms with Crippen LogP contribution in [-0.4, -0.2) is 44.3 Å². The van der Waals surface area contributed by atoms with E-state index in [1.54, 1.807) is 0 Å². The molecule has 1 heterocycles. The van der Waals surface area contributed by atoms with E-state index >= 15 is 0 Å². The molecule has 1 aliphatic heterocycles. The average Bonchev–Trinajstić information content (AvgIpc) is 2.08. The van der Waals surface area contributed by atoms with Crippen LogP contribution >= 0.6 is 0 Å². The molecule has 0 spiro atoms. The summed E-state index contributed by atoms with van der Waals surface area (Å²) in [5.74, 6) is 0. The maximum Gasteiger partial charge on any atom is 0.106 e. The summed E-state index contributed by atoms with van der Waals surface area (Å²) in [7, 11) is 2.02. The van der Waals surface area contributed by atoms with Crippen molar-refractivity contribution >= 4 is 0 Å². The second-order valence-corrected chi connectivity index (χ2v) is 2.57. The van der Waals surface area contributed by atoms with E-state index in [2.05, 4.69) is 10.2 Å². The number of hydrogen-bond donors (Lipinski definition) is 1. The van der Waals surface area contributed by atoms with Crippen molar-refractivity contribution in [1.29, 1.82) is 0 Å². The normalized spacial score (nSPS) is 25.6. The Kier molecular flexibility index (Phi) is 6.46. The van der Waals surface area contributed by atoms with Crippen LogP contribution < -0.4 is 5.32 Å². The lowest BCUT2D eigenvalue weighted by Gasteiger charge is -2.28. The Balaban J connectivity index is 0.000000461. The first-order chi connectivity index (χ1) is 5.33. The summed E-state index contributed by atoms with van der Waals surface area (Å²) >= 11 is 0. The van der Waals surface area contributed by atoms with Gasteiger partial charge in [0.05, 0.1) is 0 Å². The zero-order valence-electron chi connectivity index (χ0n) is 7.73. The molecule has 0 aliphatic carbocycles. The van der Waals surface area contributed by atoms with Gasteiger partial charge < -0.3 is 10.2 Å².